The number of hydrogen-bond acceptors (Lipinski definition) is 5. The molecule has 3 rings (SSSR count). The summed E-state index contributed by atoms with van der Waals surface area (Å²) in [6.45, 7) is 7.22. The summed E-state index contributed by atoms with van der Waals surface area (Å²) in [6, 6.07) is 16.0. The Kier molecular flexibility index (Phi) is 7.31. The van der Waals surface area contributed by atoms with Gasteiger partial charge in [0.1, 0.15) is 5.75 Å². The molecule has 0 aliphatic carbocycles. The van der Waals surface area contributed by atoms with E-state index in [0.29, 0.717) is 18.2 Å². The summed E-state index contributed by atoms with van der Waals surface area (Å²) in [7, 11) is 3.35. The minimum Gasteiger partial charge on any atom is -0.497 e. The molecule has 0 saturated heterocycles. The summed E-state index contributed by atoms with van der Waals surface area (Å²) >= 11 is 8.15. The number of benzene rings is 2. The first kappa shape index (κ1) is 21.4. The molecule has 0 aliphatic rings. The Balaban J connectivity index is 2.02. The van der Waals surface area contributed by atoms with Crippen LogP contribution in [-0.2, 0) is 4.74 Å². The van der Waals surface area contributed by atoms with Gasteiger partial charge in [0, 0.05) is 24.1 Å². The van der Waals surface area contributed by atoms with Gasteiger partial charge in [-0.25, -0.2) is 4.98 Å². The summed E-state index contributed by atoms with van der Waals surface area (Å²) in [4.78, 5) is 8.29. The predicted octanol–water partition coefficient (Wildman–Crippen LogP) is 6.16. The average molecular weight is 429 g/mol. The van der Waals surface area contributed by atoms with Crippen LogP contribution in [0.4, 0.5) is 5.13 Å². The van der Waals surface area contributed by atoms with E-state index in [9.17, 15) is 0 Å². The first-order valence-electron chi connectivity index (χ1n) is 9.31. The average Bonchev–Trinajstić information content (AvgIpc) is 3.12. The lowest BCUT2D eigenvalue weighted by Crippen LogP contribution is -2.31. The normalized spacial score (nSPS) is 11.9. The standard InChI is InChI=1S/C23H25ClN2O2S/c1-5-13-26(21(15-27-3)17-9-7-6-8-10-17)23-25-22(16(2)29-23)19-12-11-18(28-4)14-20(19)24/h5-12,14,21H,1,13,15H2,2-4H3. The number of ether oxygens (including phenoxy) is 2. The zero-order valence-corrected chi connectivity index (χ0v) is 18.5. The van der Waals surface area contributed by atoms with Gasteiger partial charge in [-0.3, -0.25) is 0 Å². The maximum atomic E-state index is 6.51. The van der Waals surface area contributed by atoms with Crippen molar-refractivity contribution in [3.8, 4) is 17.0 Å². The summed E-state index contributed by atoms with van der Waals surface area (Å²) in [5, 5.41) is 1.53. The lowest BCUT2D eigenvalue weighted by molar-refractivity contribution is 0.178. The van der Waals surface area contributed by atoms with Crippen LogP contribution < -0.4 is 9.64 Å². The van der Waals surface area contributed by atoms with Crippen LogP contribution in [0.15, 0.2) is 61.2 Å². The Morgan fingerprint density at radius 3 is 2.59 bits per heavy atom. The molecular weight excluding hydrogens is 404 g/mol. The van der Waals surface area contributed by atoms with Crippen molar-refractivity contribution in [2.45, 2.75) is 13.0 Å². The fraction of sp³-hybridized carbons (Fsp3) is 0.261. The van der Waals surface area contributed by atoms with Crippen molar-refractivity contribution in [2.75, 3.05) is 32.3 Å². The summed E-state index contributed by atoms with van der Waals surface area (Å²) in [6.07, 6.45) is 1.89. The molecule has 0 bridgehead atoms. The van der Waals surface area contributed by atoms with Gasteiger partial charge in [-0.15, -0.1) is 17.9 Å². The van der Waals surface area contributed by atoms with Crippen molar-refractivity contribution >= 4 is 28.1 Å². The molecule has 0 N–H and O–H groups in total. The number of thiazole rings is 1. The lowest BCUT2D eigenvalue weighted by Gasteiger charge is -2.30. The third-order valence-electron chi connectivity index (χ3n) is 4.67. The van der Waals surface area contributed by atoms with Crippen molar-refractivity contribution in [3.05, 3.63) is 76.6 Å². The first-order valence-corrected chi connectivity index (χ1v) is 10.5. The Morgan fingerprint density at radius 2 is 1.97 bits per heavy atom. The maximum absolute atomic E-state index is 6.51. The fourth-order valence-electron chi connectivity index (χ4n) is 3.25. The first-order chi connectivity index (χ1) is 14.1. The largest absolute Gasteiger partial charge is 0.497 e. The lowest BCUT2D eigenvalue weighted by atomic mass is 10.1. The van der Waals surface area contributed by atoms with Crippen LogP contribution in [0.25, 0.3) is 11.3 Å². The minimum atomic E-state index is 0.0314. The molecular formula is C23H25ClN2O2S. The molecule has 29 heavy (non-hydrogen) atoms. The van der Waals surface area contributed by atoms with Gasteiger partial charge in [-0.2, -0.15) is 0 Å². The molecule has 152 valence electrons. The highest BCUT2D eigenvalue weighted by Crippen LogP contribution is 2.39. The van der Waals surface area contributed by atoms with Crippen LogP contribution in [0.3, 0.4) is 0 Å². The van der Waals surface area contributed by atoms with Crippen LogP contribution in [-0.4, -0.2) is 32.4 Å². The second kappa shape index (κ2) is 9.92. The van der Waals surface area contributed by atoms with E-state index in [0.717, 1.165) is 27.0 Å². The van der Waals surface area contributed by atoms with Crippen molar-refractivity contribution in [3.63, 3.8) is 0 Å². The van der Waals surface area contributed by atoms with Crippen molar-refractivity contribution in [1.82, 2.24) is 4.98 Å². The van der Waals surface area contributed by atoms with Gasteiger partial charge in [0.15, 0.2) is 5.13 Å². The van der Waals surface area contributed by atoms with E-state index in [2.05, 4.69) is 30.5 Å². The second-order valence-electron chi connectivity index (χ2n) is 6.57. The van der Waals surface area contributed by atoms with E-state index in [1.54, 1.807) is 25.6 Å². The fourth-order valence-corrected chi connectivity index (χ4v) is 4.49. The molecule has 0 fully saturated rings. The monoisotopic (exact) mass is 428 g/mol. The van der Waals surface area contributed by atoms with Gasteiger partial charge in [-0.1, -0.05) is 48.0 Å². The molecule has 4 nitrogen and oxygen atoms in total. The second-order valence-corrected chi connectivity index (χ2v) is 8.16. The Hall–Kier alpha value is -2.34. The maximum Gasteiger partial charge on any atom is 0.187 e. The van der Waals surface area contributed by atoms with Gasteiger partial charge >= 0.3 is 0 Å². The molecule has 1 atom stereocenters. The van der Waals surface area contributed by atoms with Crippen LogP contribution >= 0.6 is 22.9 Å². The van der Waals surface area contributed by atoms with Gasteiger partial charge in [-0.05, 0) is 30.7 Å². The molecule has 0 radical (unpaired) electrons. The smallest absolute Gasteiger partial charge is 0.187 e. The Morgan fingerprint density at radius 1 is 1.21 bits per heavy atom. The van der Waals surface area contributed by atoms with E-state index in [1.807, 2.05) is 42.5 Å². The highest BCUT2D eigenvalue weighted by Gasteiger charge is 2.24. The zero-order chi connectivity index (χ0) is 20.8. The van der Waals surface area contributed by atoms with Crippen LogP contribution in [0.1, 0.15) is 16.5 Å². The van der Waals surface area contributed by atoms with E-state index < -0.39 is 0 Å². The summed E-state index contributed by atoms with van der Waals surface area (Å²) < 4.78 is 10.8. The number of rotatable bonds is 9. The van der Waals surface area contributed by atoms with Gasteiger partial charge in [0.25, 0.3) is 0 Å². The predicted molar refractivity (Wildman–Crippen MR) is 122 cm³/mol. The molecule has 1 aromatic heterocycles. The third-order valence-corrected chi connectivity index (χ3v) is 5.99. The quantitative estimate of drug-likeness (QED) is 0.382. The number of methoxy groups -OCH3 is 2. The van der Waals surface area contributed by atoms with Crippen molar-refractivity contribution in [1.29, 1.82) is 0 Å². The molecule has 1 unspecified atom stereocenters. The number of hydrogen-bond donors (Lipinski definition) is 0. The number of aromatic nitrogens is 1. The molecule has 6 heteroatoms. The highest BCUT2D eigenvalue weighted by atomic mass is 35.5. The van der Waals surface area contributed by atoms with Crippen molar-refractivity contribution < 1.29 is 9.47 Å². The number of aryl methyl sites for hydroxylation is 1. The molecule has 1 heterocycles. The number of halogens is 1. The third kappa shape index (κ3) is 4.81. The van der Waals surface area contributed by atoms with Gasteiger partial charge in [0.05, 0.1) is 30.5 Å². The molecule has 2 aromatic carbocycles. The Bertz CT molecular complexity index is 959. The van der Waals surface area contributed by atoms with E-state index in [-0.39, 0.29) is 6.04 Å². The van der Waals surface area contributed by atoms with Gasteiger partial charge < -0.3 is 14.4 Å². The zero-order valence-electron chi connectivity index (χ0n) is 16.9. The van der Waals surface area contributed by atoms with Crippen LogP contribution in [0, 0.1) is 6.92 Å². The van der Waals surface area contributed by atoms with E-state index >= 15 is 0 Å². The Labute approximate surface area is 181 Å². The summed E-state index contributed by atoms with van der Waals surface area (Å²) in [5.74, 6) is 0.726. The molecule has 0 saturated carbocycles. The molecule has 3 aromatic rings. The molecule has 0 spiro atoms. The van der Waals surface area contributed by atoms with Crippen LogP contribution in [0.2, 0.25) is 5.02 Å². The number of nitrogens with zero attached hydrogens (tertiary/aromatic N) is 2. The van der Waals surface area contributed by atoms with E-state index in [4.69, 9.17) is 26.1 Å². The topological polar surface area (TPSA) is 34.6 Å². The highest BCUT2D eigenvalue weighted by molar-refractivity contribution is 7.16. The van der Waals surface area contributed by atoms with Crippen LogP contribution in [0.5, 0.6) is 5.75 Å². The SMILES string of the molecule is C=CCN(c1nc(-c2ccc(OC)cc2Cl)c(C)s1)C(COC)c1ccccc1. The van der Waals surface area contributed by atoms with Gasteiger partial charge in [0.2, 0.25) is 0 Å². The summed E-state index contributed by atoms with van der Waals surface area (Å²) in [5.41, 5.74) is 2.96. The van der Waals surface area contributed by atoms with E-state index in [1.165, 1.54) is 5.56 Å². The molecule has 0 amide bonds. The van der Waals surface area contributed by atoms with Crippen molar-refractivity contribution in [2.24, 2.45) is 0 Å². The number of anilines is 1. The molecule has 0 aliphatic heterocycles. The minimum absolute atomic E-state index is 0.0314.